The number of ether oxygens (including phenoxy) is 2. The lowest BCUT2D eigenvalue weighted by molar-refractivity contribution is 0.0502. The van der Waals surface area contributed by atoms with E-state index in [4.69, 9.17) is 15.2 Å². The van der Waals surface area contributed by atoms with Crippen LogP contribution in [0.2, 0.25) is 0 Å². The van der Waals surface area contributed by atoms with Gasteiger partial charge in [-0.2, -0.15) is 0 Å². The van der Waals surface area contributed by atoms with Gasteiger partial charge in [0.05, 0.1) is 30.1 Å². The number of carbonyl (C=O) groups is 2. The van der Waals surface area contributed by atoms with E-state index in [-0.39, 0.29) is 19.1 Å². The third-order valence-electron chi connectivity index (χ3n) is 3.15. The fourth-order valence-corrected chi connectivity index (χ4v) is 2.16. The maximum Gasteiger partial charge on any atom is 0.407 e. The molecule has 0 atom stereocenters. The molecule has 0 saturated heterocycles. The number of nitrogen functional groups attached to an aromatic ring is 1. The molecule has 0 spiro atoms. The third kappa shape index (κ3) is 5.20. The van der Waals surface area contributed by atoms with Gasteiger partial charge in [-0.25, -0.2) is 19.6 Å². The molecular formula is C17H23N5O4. The Balaban J connectivity index is 2.25. The molecule has 0 fully saturated rings. The van der Waals surface area contributed by atoms with Crippen LogP contribution in [0.3, 0.4) is 0 Å². The highest BCUT2D eigenvalue weighted by molar-refractivity contribution is 5.92. The summed E-state index contributed by atoms with van der Waals surface area (Å²) in [6, 6.07) is 3.26. The van der Waals surface area contributed by atoms with Crippen LogP contribution >= 0.6 is 0 Å². The number of H-pyrrole nitrogens is 1. The molecule has 26 heavy (non-hydrogen) atoms. The number of nitrogens with zero attached hydrogens (tertiary/aromatic N) is 2. The topological polar surface area (TPSA) is 132 Å². The molecule has 2 rings (SSSR count). The van der Waals surface area contributed by atoms with E-state index in [1.165, 1.54) is 6.20 Å². The average molecular weight is 361 g/mol. The number of carbonyl (C=O) groups excluding carboxylic acids is 2. The normalized spacial score (nSPS) is 11.1. The summed E-state index contributed by atoms with van der Waals surface area (Å²) in [5, 5.41) is 2.61. The van der Waals surface area contributed by atoms with Gasteiger partial charge in [0.1, 0.15) is 5.60 Å². The molecule has 2 heterocycles. The molecule has 9 heteroatoms. The van der Waals surface area contributed by atoms with Crippen molar-refractivity contribution in [1.82, 2.24) is 20.3 Å². The summed E-state index contributed by atoms with van der Waals surface area (Å²) in [7, 11) is 0. The van der Waals surface area contributed by atoms with Crippen LogP contribution < -0.4 is 11.1 Å². The molecule has 2 aromatic heterocycles. The smallest absolute Gasteiger partial charge is 0.407 e. The Labute approximate surface area is 151 Å². The average Bonchev–Trinajstić information content (AvgIpc) is 2.96. The third-order valence-corrected chi connectivity index (χ3v) is 3.15. The molecule has 0 aliphatic carbocycles. The molecule has 0 aliphatic heterocycles. The van der Waals surface area contributed by atoms with Crippen molar-refractivity contribution >= 4 is 18.0 Å². The Morgan fingerprint density at radius 1 is 1.35 bits per heavy atom. The first kappa shape index (κ1) is 19.2. The van der Waals surface area contributed by atoms with Gasteiger partial charge in [-0.05, 0) is 39.8 Å². The van der Waals surface area contributed by atoms with Crippen LogP contribution in [0.4, 0.5) is 10.7 Å². The highest BCUT2D eigenvalue weighted by atomic mass is 16.6. The zero-order valence-corrected chi connectivity index (χ0v) is 15.3. The summed E-state index contributed by atoms with van der Waals surface area (Å²) in [5.74, 6) is -0.388. The van der Waals surface area contributed by atoms with Crippen LogP contribution in [0.5, 0.6) is 0 Å². The predicted molar refractivity (Wildman–Crippen MR) is 95.3 cm³/mol. The van der Waals surface area contributed by atoms with Gasteiger partial charge in [-0.1, -0.05) is 0 Å². The van der Waals surface area contributed by atoms with E-state index in [9.17, 15) is 9.59 Å². The second kappa shape index (κ2) is 7.85. The minimum absolute atomic E-state index is 0.0592. The van der Waals surface area contributed by atoms with Crippen LogP contribution in [0.1, 0.15) is 43.7 Å². The first-order valence-corrected chi connectivity index (χ1v) is 8.14. The van der Waals surface area contributed by atoms with Crippen molar-refractivity contribution < 1.29 is 19.1 Å². The van der Waals surface area contributed by atoms with E-state index in [2.05, 4.69) is 20.3 Å². The molecule has 0 radical (unpaired) electrons. The van der Waals surface area contributed by atoms with Crippen molar-refractivity contribution in [1.29, 1.82) is 0 Å². The Morgan fingerprint density at radius 2 is 2.08 bits per heavy atom. The SMILES string of the molecule is CCOC(=O)c1cc(-c2ccnc(N)n2)[nH]c1CNC(=O)OC(C)(C)C. The van der Waals surface area contributed by atoms with Crippen molar-refractivity contribution in [3.05, 3.63) is 29.6 Å². The van der Waals surface area contributed by atoms with Crippen LogP contribution in [-0.4, -0.2) is 39.2 Å². The van der Waals surface area contributed by atoms with E-state index in [1.54, 1.807) is 39.8 Å². The highest BCUT2D eigenvalue weighted by Gasteiger charge is 2.20. The molecule has 0 aromatic carbocycles. The summed E-state index contributed by atoms with van der Waals surface area (Å²) in [6.45, 7) is 7.31. The lowest BCUT2D eigenvalue weighted by Crippen LogP contribution is -2.32. The lowest BCUT2D eigenvalue weighted by atomic mass is 10.2. The van der Waals surface area contributed by atoms with Gasteiger partial charge in [0.2, 0.25) is 5.95 Å². The van der Waals surface area contributed by atoms with Crippen LogP contribution in [-0.2, 0) is 16.0 Å². The standard InChI is InChI=1S/C17H23N5O4/c1-5-25-14(23)10-8-12(11-6-7-19-15(18)22-11)21-13(10)9-20-16(24)26-17(2,3)4/h6-8,21H,5,9H2,1-4H3,(H,20,24)(H2,18,19,22). The molecule has 140 valence electrons. The molecular weight excluding hydrogens is 338 g/mol. The second-order valence-corrected chi connectivity index (χ2v) is 6.45. The summed E-state index contributed by atoms with van der Waals surface area (Å²) in [5.41, 5.74) is 6.84. The van der Waals surface area contributed by atoms with E-state index in [0.717, 1.165) is 0 Å². The number of alkyl carbamates (subject to hydrolysis) is 1. The minimum Gasteiger partial charge on any atom is -0.462 e. The molecule has 0 saturated carbocycles. The van der Waals surface area contributed by atoms with E-state index in [0.29, 0.717) is 22.6 Å². The summed E-state index contributed by atoms with van der Waals surface area (Å²) in [4.78, 5) is 35.1. The van der Waals surface area contributed by atoms with Gasteiger partial charge in [-0.3, -0.25) is 0 Å². The molecule has 9 nitrogen and oxygen atoms in total. The van der Waals surface area contributed by atoms with Crippen molar-refractivity contribution in [3.63, 3.8) is 0 Å². The highest BCUT2D eigenvalue weighted by Crippen LogP contribution is 2.21. The zero-order valence-electron chi connectivity index (χ0n) is 15.3. The van der Waals surface area contributed by atoms with Crippen molar-refractivity contribution in [3.8, 4) is 11.4 Å². The number of aromatic amines is 1. The minimum atomic E-state index is -0.618. The molecule has 1 amide bonds. The number of aromatic nitrogens is 3. The van der Waals surface area contributed by atoms with Crippen LogP contribution in [0.25, 0.3) is 11.4 Å². The monoisotopic (exact) mass is 361 g/mol. The van der Waals surface area contributed by atoms with Crippen molar-refractivity contribution in [2.75, 3.05) is 12.3 Å². The first-order valence-electron chi connectivity index (χ1n) is 8.14. The zero-order chi connectivity index (χ0) is 19.3. The second-order valence-electron chi connectivity index (χ2n) is 6.45. The predicted octanol–water partition coefficient (Wildman–Crippen LogP) is 2.26. The van der Waals surface area contributed by atoms with Crippen LogP contribution in [0, 0.1) is 0 Å². The molecule has 0 aliphatic rings. The number of esters is 1. The van der Waals surface area contributed by atoms with E-state index >= 15 is 0 Å². The number of hydrogen-bond donors (Lipinski definition) is 3. The molecule has 4 N–H and O–H groups in total. The molecule has 2 aromatic rings. The number of nitrogens with two attached hydrogens (primary N) is 1. The fraction of sp³-hybridized carbons (Fsp3) is 0.412. The van der Waals surface area contributed by atoms with Gasteiger partial charge >= 0.3 is 12.1 Å². The Kier molecular flexibility index (Phi) is 5.81. The fourth-order valence-electron chi connectivity index (χ4n) is 2.16. The first-order chi connectivity index (χ1) is 12.2. The lowest BCUT2D eigenvalue weighted by Gasteiger charge is -2.19. The van der Waals surface area contributed by atoms with Gasteiger partial charge in [-0.15, -0.1) is 0 Å². The number of amides is 1. The molecule has 0 bridgehead atoms. The Hall–Kier alpha value is -3.10. The number of rotatable bonds is 5. The number of anilines is 1. The quantitative estimate of drug-likeness (QED) is 0.696. The summed E-state index contributed by atoms with van der Waals surface area (Å²) < 4.78 is 10.3. The van der Waals surface area contributed by atoms with Gasteiger partial charge < -0.3 is 25.5 Å². The number of nitrogens with one attached hydrogen (secondary N) is 2. The van der Waals surface area contributed by atoms with Gasteiger partial charge in [0.25, 0.3) is 0 Å². The van der Waals surface area contributed by atoms with Crippen LogP contribution in [0.15, 0.2) is 18.3 Å². The summed E-state index contributed by atoms with van der Waals surface area (Å²) in [6.07, 6.45) is 0.927. The van der Waals surface area contributed by atoms with Gasteiger partial charge in [0.15, 0.2) is 0 Å². The Morgan fingerprint density at radius 3 is 2.69 bits per heavy atom. The summed E-state index contributed by atoms with van der Waals surface area (Å²) >= 11 is 0. The van der Waals surface area contributed by atoms with E-state index in [1.807, 2.05) is 0 Å². The largest absolute Gasteiger partial charge is 0.462 e. The number of hydrogen-bond acceptors (Lipinski definition) is 7. The van der Waals surface area contributed by atoms with Crippen molar-refractivity contribution in [2.24, 2.45) is 0 Å². The van der Waals surface area contributed by atoms with Crippen molar-refractivity contribution in [2.45, 2.75) is 39.8 Å². The van der Waals surface area contributed by atoms with E-state index < -0.39 is 17.7 Å². The molecule has 0 unspecified atom stereocenters. The Bertz CT molecular complexity index is 795. The maximum absolute atomic E-state index is 12.2. The maximum atomic E-state index is 12.2. The van der Waals surface area contributed by atoms with Gasteiger partial charge in [0, 0.05) is 11.9 Å².